The molecule has 1 saturated carbocycles. The predicted octanol–water partition coefficient (Wildman–Crippen LogP) is 3.76. The molecule has 2 rings (SSSR count). The summed E-state index contributed by atoms with van der Waals surface area (Å²) >= 11 is 11.9. The maximum Gasteiger partial charge on any atom is 0.139 e. The minimum Gasteiger partial charge on any atom is -0.489 e. The van der Waals surface area contributed by atoms with E-state index in [2.05, 4.69) is 19.2 Å². The highest BCUT2D eigenvalue weighted by molar-refractivity contribution is 6.34. The van der Waals surface area contributed by atoms with Crippen LogP contribution in [0.15, 0.2) is 18.2 Å². The fourth-order valence-corrected chi connectivity index (χ4v) is 2.77. The van der Waals surface area contributed by atoms with E-state index in [9.17, 15) is 5.11 Å². The molecule has 2 N–H and O–H groups in total. The summed E-state index contributed by atoms with van der Waals surface area (Å²) in [6.45, 7) is 6.19. The van der Waals surface area contributed by atoms with Crippen LogP contribution in [-0.4, -0.2) is 30.9 Å². The normalized spacial score (nSPS) is 17.8. The molecule has 0 saturated heterocycles. The Morgan fingerprint density at radius 1 is 1.33 bits per heavy atom. The molecule has 1 aliphatic rings. The zero-order valence-electron chi connectivity index (χ0n) is 12.5. The van der Waals surface area contributed by atoms with Crippen molar-refractivity contribution in [2.45, 2.75) is 32.8 Å². The van der Waals surface area contributed by atoms with Crippen molar-refractivity contribution in [3.05, 3.63) is 28.2 Å². The molecule has 1 aliphatic carbocycles. The highest BCUT2D eigenvalue weighted by Crippen LogP contribution is 2.51. The van der Waals surface area contributed by atoms with Crippen molar-refractivity contribution in [1.82, 2.24) is 5.32 Å². The monoisotopic (exact) mass is 331 g/mol. The van der Waals surface area contributed by atoms with Crippen LogP contribution < -0.4 is 10.1 Å². The van der Waals surface area contributed by atoms with Gasteiger partial charge >= 0.3 is 0 Å². The van der Waals surface area contributed by atoms with E-state index >= 15 is 0 Å². The highest BCUT2D eigenvalue weighted by Gasteiger charge is 2.44. The predicted molar refractivity (Wildman–Crippen MR) is 87.3 cm³/mol. The van der Waals surface area contributed by atoms with Crippen molar-refractivity contribution in [2.24, 2.45) is 11.3 Å². The third-order valence-electron chi connectivity index (χ3n) is 4.30. The number of aliphatic hydroxyl groups is 1. The van der Waals surface area contributed by atoms with Crippen molar-refractivity contribution in [3.63, 3.8) is 0 Å². The molecule has 118 valence electrons. The number of rotatable bonds is 8. The van der Waals surface area contributed by atoms with Crippen LogP contribution in [0.3, 0.4) is 0 Å². The van der Waals surface area contributed by atoms with E-state index in [0.717, 1.165) is 6.54 Å². The van der Waals surface area contributed by atoms with E-state index in [1.165, 1.54) is 12.8 Å². The van der Waals surface area contributed by atoms with Gasteiger partial charge < -0.3 is 15.2 Å². The molecular weight excluding hydrogens is 309 g/mol. The van der Waals surface area contributed by atoms with Gasteiger partial charge in [-0.05, 0) is 36.3 Å². The van der Waals surface area contributed by atoms with E-state index in [0.29, 0.717) is 33.7 Å². The van der Waals surface area contributed by atoms with Crippen LogP contribution in [0, 0.1) is 11.3 Å². The zero-order valence-corrected chi connectivity index (χ0v) is 14.0. The lowest BCUT2D eigenvalue weighted by atomic mass is 9.92. The van der Waals surface area contributed by atoms with E-state index in [4.69, 9.17) is 27.9 Å². The van der Waals surface area contributed by atoms with Crippen LogP contribution in [0.25, 0.3) is 0 Å². The van der Waals surface area contributed by atoms with Crippen molar-refractivity contribution < 1.29 is 9.84 Å². The Balaban J connectivity index is 1.70. The molecule has 0 radical (unpaired) electrons. The average Bonchev–Trinajstić information content (AvgIpc) is 3.21. The molecule has 0 amide bonds. The Labute approximate surface area is 136 Å². The molecule has 0 aliphatic heterocycles. The zero-order chi connectivity index (χ0) is 15.5. The fraction of sp³-hybridized carbons (Fsp3) is 0.625. The van der Waals surface area contributed by atoms with Crippen LogP contribution in [0.5, 0.6) is 5.75 Å². The number of halogens is 2. The number of ether oxygens (including phenoxy) is 1. The van der Waals surface area contributed by atoms with Gasteiger partial charge in [-0.1, -0.05) is 37.0 Å². The Morgan fingerprint density at radius 3 is 2.67 bits per heavy atom. The average molecular weight is 332 g/mol. The van der Waals surface area contributed by atoms with E-state index in [1.54, 1.807) is 18.2 Å². The first-order chi connectivity index (χ1) is 9.93. The second-order valence-corrected chi connectivity index (χ2v) is 7.03. The third-order valence-corrected chi connectivity index (χ3v) is 4.85. The highest BCUT2D eigenvalue weighted by atomic mass is 35.5. The first-order valence-electron chi connectivity index (χ1n) is 7.39. The van der Waals surface area contributed by atoms with Crippen LogP contribution in [0.2, 0.25) is 10.0 Å². The van der Waals surface area contributed by atoms with Gasteiger partial charge in [0.05, 0.1) is 5.02 Å². The van der Waals surface area contributed by atoms with Crippen LogP contribution in [0.1, 0.15) is 26.7 Å². The smallest absolute Gasteiger partial charge is 0.139 e. The van der Waals surface area contributed by atoms with Gasteiger partial charge in [0, 0.05) is 24.2 Å². The first-order valence-corrected chi connectivity index (χ1v) is 8.15. The summed E-state index contributed by atoms with van der Waals surface area (Å²) in [4.78, 5) is 0. The lowest BCUT2D eigenvalue weighted by Crippen LogP contribution is -2.36. The van der Waals surface area contributed by atoms with Gasteiger partial charge in [-0.2, -0.15) is 0 Å². The quantitative estimate of drug-likeness (QED) is 0.762. The van der Waals surface area contributed by atoms with Crippen molar-refractivity contribution in [1.29, 1.82) is 0 Å². The molecular formula is C16H23Cl2NO2. The molecule has 1 aromatic rings. The van der Waals surface area contributed by atoms with Gasteiger partial charge in [0.25, 0.3) is 0 Å². The molecule has 1 aromatic carbocycles. The number of hydrogen-bond acceptors (Lipinski definition) is 3. The summed E-state index contributed by atoms with van der Waals surface area (Å²) < 4.78 is 5.52. The molecule has 0 heterocycles. The Bertz CT molecular complexity index is 475. The number of hydrogen-bond donors (Lipinski definition) is 2. The maximum absolute atomic E-state index is 9.96. The molecule has 5 heteroatoms. The van der Waals surface area contributed by atoms with E-state index < -0.39 is 6.10 Å². The molecule has 1 unspecified atom stereocenters. The largest absolute Gasteiger partial charge is 0.489 e. The SMILES string of the molecule is CC(C)C1(CNCC(O)COc2cc(Cl)ccc2Cl)CC1. The second kappa shape index (κ2) is 7.19. The van der Waals surface area contributed by atoms with Crippen LogP contribution >= 0.6 is 23.2 Å². The Morgan fingerprint density at radius 2 is 2.05 bits per heavy atom. The molecule has 3 nitrogen and oxygen atoms in total. The van der Waals surface area contributed by atoms with Crippen molar-refractivity contribution in [3.8, 4) is 5.75 Å². The van der Waals surface area contributed by atoms with Crippen molar-refractivity contribution >= 4 is 23.2 Å². The minimum atomic E-state index is -0.567. The summed E-state index contributed by atoms with van der Waals surface area (Å²) in [5.41, 5.74) is 0.441. The molecule has 1 atom stereocenters. The number of benzene rings is 1. The topological polar surface area (TPSA) is 41.5 Å². The molecule has 0 aromatic heterocycles. The summed E-state index contributed by atoms with van der Waals surface area (Å²) in [5, 5.41) is 14.4. The molecule has 0 spiro atoms. The molecule has 1 fully saturated rings. The van der Waals surface area contributed by atoms with E-state index in [1.807, 2.05) is 0 Å². The summed E-state index contributed by atoms with van der Waals surface area (Å²) in [6, 6.07) is 5.04. The first kappa shape index (κ1) is 16.9. The van der Waals surface area contributed by atoms with Crippen LogP contribution in [-0.2, 0) is 0 Å². The van der Waals surface area contributed by atoms with Gasteiger partial charge in [0.1, 0.15) is 18.5 Å². The van der Waals surface area contributed by atoms with Crippen LogP contribution in [0.4, 0.5) is 0 Å². The summed E-state index contributed by atoms with van der Waals surface area (Å²) in [6.07, 6.45) is 1.99. The van der Waals surface area contributed by atoms with Gasteiger partial charge in [0.15, 0.2) is 0 Å². The lowest BCUT2D eigenvalue weighted by Gasteiger charge is -2.21. The van der Waals surface area contributed by atoms with E-state index in [-0.39, 0.29) is 6.61 Å². The molecule has 0 bridgehead atoms. The number of aliphatic hydroxyl groups excluding tert-OH is 1. The summed E-state index contributed by atoms with van der Waals surface area (Å²) in [7, 11) is 0. The van der Waals surface area contributed by atoms with Gasteiger partial charge in [-0.3, -0.25) is 0 Å². The standard InChI is InChI=1S/C16H23Cl2NO2/c1-11(2)16(5-6-16)10-19-8-13(20)9-21-15-7-12(17)3-4-14(15)18/h3-4,7,11,13,19-20H,5-6,8-10H2,1-2H3. The van der Waals surface area contributed by atoms with Crippen molar-refractivity contribution in [2.75, 3.05) is 19.7 Å². The summed E-state index contributed by atoms with van der Waals surface area (Å²) in [5.74, 6) is 1.19. The van der Waals surface area contributed by atoms with Gasteiger partial charge in [0.2, 0.25) is 0 Å². The maximum atomic E-state index is 9.96. The third kappa shape index (κ3) is 4.75. The fourth-order valence-electron chi connectivity index (χ4n) is 2.44. The van der Waals surface area contributed by atoms with Gasteiger partial charge in [-0.25, -0.2) is 0 Å². The van der Waals surface area contributed by atoms with Gasteiger partial charge in [-0.15, -0.1) is 0 Å². The lowest BCUT2D eigenvalue weighted by molar-refractivity contribution is 0.104. The Hall–Kier alpha value is -0.480. The number of nitrogens with one attached hydrogen (secondary N) is 1. The second-order valence-electron chi connectivity index (χ2n) is 6.19. The minimum absolute atomic E-state index is 0.196. The Kier molecular flexibility index (Phi) is 5.78. The molecule has 21 heavy (non-hydrogen) atoms.